The van der Waals surface area contributed by atoms with Crippen LogP contribution in [0.1, 0.15) is 43.5 Å². The highest BCUT2D eigenvalue weighted by Crippen LogP contribution is 2.20. The molecule has 0 spiro atoms. The number of rotatable bonds is 7. The Labute approximate surface area is 148 Å². The summed E-state index contributed by atoms with van der Waals surface area (Å²) in [6, 6.07) is 9.83. The number of aromatic nitrogens is 2. The fourth-order valence-corrected chi connectivity index (χ4v) is 3.25. The van der Waals surface area contributed by atoms with E-state index < -0.39 is 0 Å². The first-order valence-electron chi connectivity index (χ1n) is 9.07. The molecule has 1 fully saturated rings. The molecule has 0 saturated carbocycles. The predicted molar refractivity (Wildman–Crippen MR) is 94.6 cm³/mol. The van der Waals surface area contributed by atoms with Gasteiger partial charge in [-0.25, -0.2) is 0 Å². The molecule has 2 aromatic rings. The summed E-state index contributed by atoms with van der Waals surface area (Å²) in [6.45, 7) is 5.59. The zero-order chi connectivity index (χ0) is 17.5. The van der Waals surface area contributed by atoms with Gasteiger partial charge in [0.1, 0.15) is 0 Å². The van der Waals surface area contributed by atoms with Crippen molar-refractivity contribution in [2.45, 2.75) is 45.7 Å². The molecule has 25 heavy (non-hydrogen) atoms. The zero-order valence-electron chi connectivity index (χ0n) is 14.8. The molecule has 0 aliphatic carbocycles. The number of nitrogens with one attached hydrogen (secondary N) is 1. The summed E-state index contributed by atoms with van der Waals surface area (Å²) >= 11 is 0. The number of nitrogens with zero attached hydrogens (tertiary/aromatic N) is 3. The predicted octanol–water partition coefficient (Wildman–Crippen LogP) is 2.55. The normalized spacial score (nSPS) is 18.2. The van der Waals surface area contributed by atoms with Gasteiger partial charge in [0.2, 0.25) is 11.8 Å². The van der Waals surface area contributed by atoms with Gasteiger partial charge in [0.05, 0.1) is 13.0 Å². The van der Waals surface area contributed by atoms with Crippen molar-refractivity contribution < 1.29 is 9.32 Å². The van der Waals surface area contributed by atoms with Gasteiger partial charge in [0.25, 0.3) is 0 Å². The molecule has 0 bridgehead atoms. The number of hydrogen-bond donors (Lipinski definition) is 1. The van der Waals surface area contributed by atoms with Crippen molar-refractivity contribution in [3.8, 4) is 0 Å². The Morgan fingerprint density at radius 2 is 2.20 bits per heavy atom. The van der Waals surface area contributed by atoms with Gasteiger partial charge in [0, 0.05) is 13.1 Å². The maximum absolute atomic E-state index is 12.0. The minimum atomic E-state index is -0.0970. The van der Waals surface area contributed by atoms with Crippen LogP contribution in [-0.4, -0.2) is 34.0 Å². The molecule has 1 unspecified atom stereocenters. The topological polar surface area (TPSA) is 71.3 Å². The summed E-state index contributed by atoms with van der Waals surface area (Å²) in [5, 5.41) is 6.82. The average molecular weight is 342 g/mol. The molecule has 0 radical (unpaired) electrons. The van der Waals surface area contributed by atoms with E-state index >= 15 is 0 Å². The van der Waals surface area contributed by atoms with Gasteiger partial charge in [-0.05, 0) is 30.9 Å². The summed E-state index contributed by atoms with van der Waals surface area (Å²) in [4.78, 5) is 18.8. The third kappa shape index (κ3) is 5.39. The molecule has 1 aromatic carbocycles. The van der Waals surface area contributed by atoms with Crippen LogP contribution in [0.15, 0.2) is 34.9 Å². The summed E-state index contributed by atoms with van der Waals surface area (Å²) in [6.07, 6.45) is 3.89. The van der Waals surface area contributed by atoms with E-state index in [2.05, 4.69) is 27.3 Å². The summed E-state index contributed by atoms with van der Waals surface area (Å²) in [5.74, 6) is 1.72. The van der Waals surface area contributed by atoms with Crippen molar-refractivity contribution in [3.05, 3.63) is 47.6 Å². The maximum atomic E-state index is 12.0. The fourth-order valence-electron chi connectivity index (χ4n) is 3.25. The molecule has 1 atom stereocenters. The lowest BCUT2D eigenvalue weighted by Crippen LogP contribution is -2.34. The third-order valence-electron chi connectivity index (χ3n) is 4.70. The monoisotopic (exact) mass is 342 g/mol. The molecule has 2 heterocycles. The molecule has 1 aliphatic heterocycles. The first-order valence-corrected chi connectivity index (χ1v) is 9.07. The Morgan fingerprint density at radius 1 is 1.36 bits per heavy atom. The molecular formula is C19H26N4O2. The fraction of sp³-hybridized carbons (Fsp3) is 0.526. The quantitative estimate of drug-likeness (QED) is 0.837. The minimum absolute atomic E-state index is 0.0970. The molecule has 134 valence electrons. The molecule has 6 heteroatoms. The van der Waals surface area contributed by atoms with Gasteiger partial charge in [-0.1, -0.05) is 48.8 Å². The summed E-state index contributed by atoms with van der Waals surface area (Å²) in [5.41, 5.74) is 1.07. The van der Waals surface area contributed by atoms with E-state index in [1.165, 1.54) is 19.3 Å². The number of carbonyl (C=O) groups excluding carboxylic acids is 1. The van der Waals surface area contributed by atoms with Crippen LogP contribution >= 0.6 is 0 Å². The number of carbonyl (C=O) groups is 1. The average Bonchev–Trinajstić information content (AvgIpc) is 3.07. The van der Waals surface area contributed by atoms with Gasteiger partial charge >= 0.3 is 0 Å². The van der Waals surface area contributed by atoms with Gasteiger partial charge in [-0.3, -0.25) is 9.69 Å². The zero-order valence-corrected chi connectivity index (χ0v) is 14.8. The number of hydrogen-bond acceptors (Lipinski definition) is 5. The molecule has 1 N–H and O–H groups in total. The number of likely N-dealkylation sites (tertiary alicyclic amines) is 1. The molecule has 1 aliphatic rings. The number of amides is 1. The Morgan fingerprint density at radius 3 is 3.00 bits per heavy atom. The van der Waals surface area contributed by atoms with Gasteiger partial charge < -0.3 is 9.84 Å². The molecule has 3 rings (SSSR count). The van der Waals surface area contributed by atoms with Crippen molar-refractivity contribution in [1.29, 1.82) is 0 Å². The second-order valence-electron chi connectivity index (χ2n) is 6.70. The van der Waals surface area contributed by atoms with Crippen LogP contribution in [0.5, 0.6) is 0 Å². The number of benzene rings is 1. The van der Waals surface area contributed by atoms with Crippen LogP contribution in [0.3, 0.4) is 0 Å². The SMILES string of the molecule is CCC1CCCN(Cc2nc(CC(=O)NCc3ccccc3)no2)C1. The standard InChI is InChI=1S/C19H26N4O2/c1-2-15-9-6-10-23(13-15)14-19-21-17(22-25-19)11-18(24)20-12-16-7-4-3-5-8-16/h3-5,7-8,15H,2,6,9-14H2,1H3,(H,20,24). The second-order valence-corrected chi connectivity index (χ2v) is 6.70. The van der Waals surface area contributed by atoms with E-state index in [0.717, 1.165) is 24.6 Å². The second kappa shape index (κ2) is 8.76. The lowest BCUT2D eigenvalue weighted by Gasteiger charge is -2.30. The van der Waals surface area contributed by atoms with E-state index in [4.69, 9.17) is 4.52 Å². The molecular weight excluding hydrogens is 316 g/mol. The Kier molecular flexibility index (Phi) is 6.17. The van der Waals surface area contributed by atoms with Crippen LogP contribution in [0.2, 0.25) is 0 Å². The van der Waals surface area contributed by atoms with Gasteiger partial charge in [-0.2, -0.15) is 4.98 Å². The lowest BCUT2D eigenvalue weighted by atomic mass is 9.96. The minimum Gasteiger partial charge on any atom is -0.352 e. The van der Waals surface area contributed by atoms with E-state index in [0.29, 0.717) is 24.8 Å². The van der Waals surface area contributed by atoms with E-state index in [-0.39, 0.29) is 12.3 Å². The molecule has 1 aromatic heterocycles. The summed E-state index contributed by atoms with van der Waals surface area (Å²) < 4.78 is 5.32. The van der Waals surface area contributed by atoms with E-state index in [9.17, 15) is 4.79 Å². The number of piperidine rings is 1. The lowest BCUT2D eigenvalue weighted by molar-refractivity contribution is -0.120. The van der Waals surface area contributed by atoms with E-state index in [1.807, 2.05) is 30.3 Å². The highest BCUT2D eigenvalue weighted by Gasteiger charge is 2.20. The van der Waals surface area contributed by atoms with Crippen molar-refractivity contribution in [2.75, 3.05) is 13.1 Å². The van der Waals surface area contributed by atoms with Gasteiger partial charge in [0.15, 0.2) is 5.82 Å². The van der Waals surface area contributed by atoms with Crippen LogP contribution in [0.25, 0.3) is 0 Å². The maximum Gasteiger partial charge on any atom is 0.240 e. The largest absolute Gasteiger partial charge is 0.352 e. The Balaban J connectivity index is 1.45. The van der Waals surface area contributed by atoms with Crippen molar-refractivity contribution in [3.63, 3.8) is 0 Å². The van der Waals surface area contributed by atoms with Gasteiger partial charge in [-0.15, -0.1) is 0 Å². The molecule has 1 amide bonds. The van der Waals surface area contributed by atoms with Crippen LogP contribution < -0.4 is 5.32 Å². The Bertz CT molecular complexity index is 671. The first-order chi connectivity index (χ1) is 12.2. The Hall–Kier alpha value is -2.21. The molecule has 6 nitrogen and oxygen atoms in total. The van der Waals surface area contributed by atoms with Crippen molar-refractivity contribution in [2.24, 2.45) is 5.92 Å². The van der Waals surface area contributed by atoms with Crippen LogP contribution in [0.4, 0.5) is 0 Å². The van der Waals surface area contributed by atoms with Crippen molar-refractivity contribution >= 4 is 5.91 Å². The molecule has 1 saturated heterocycles. The smallest absolute Gasteiger partial charge is 0.240 e. The van der Waals surface area contributed by atoms with Crippen molar-refractivity contribution in [1.82, 2.24) is 20.4 Å². The first kappa shape index (κ1) is 17.6. The summed E-state index contributed by atoms with van der Waals surface area (Å²) in [7, 11) is 0. The van der Waals surface area contributed by atoms with Crippen LogP contribution in [0, 0.1) is 5.92 Å². The van der Waals surface area contributed by atoms with Crippen LogP contribution in [-0.2, 0) is 24.3 Å². The van der Waals surface area contributed by atoms with E-state index in [1.54, 1.807) is 0 Å². The highest BCUT2D eigenvalue weighted by molar-refractivity contribution is 5.77. The third-order valence-corrected chi connectivity index (χ3v) is 4.70. The highest BCUT2D eigenvalue weighted by atomic mass is 16.5.